The van der Waals surface area contributed by atoms with Crippen LogP contribution < -0.4 is 4.90 Å². The maximum absolute atomic E-state index is 6.19. The number of rotatable bonds is 1. The van der Waals surface area contributed by atoms with Gasteiger partial charge in [-0.05, 0) is 38.3 Å². The Kier molecular flexibility index (Phi) is 2.88. The first-order valence-electron chi connectivity index (χ1n) is 9.03. The van der Waals surface area contributed by atoms with E-state index in [0.29, 0.717) is 0 Å². The predicted octanol–water partition coefficient (Wildman–Crippen LogP) is 4.98. The van der Waals surface area contributed by atoms with Gasteiger partial charge in [0, 0.05) is 18.1 Å². The van der Waals surface area contributed by atoms with Crippen LogP contribution in [0, 0.1) is 6.92 Å². The molecule has 1 aliphatic heterocycles. The Balaban J connectivity index is 1.78. The standard InChI is InChI=1S/C20H23N3O/c1-14-8-4-5-9-16(14)23-15(2)17-18(20(23)10-6-3-7-11-20)22-13-12-21-19(22)24-17/h4-5,8-9,12-13,15H,3,6-7,10-11H2,1-2H3/t15-/m0/s1. The second kappa shape index (κ2) is 4.88. The lowest BCUT2D eigenvalue weighted by Crippen LogP contribution is -2.45. The number of fused-ring (bicyclic) bond motifs is 4. The molecular formula is C20H23N3O. The van der Waals surface area contributed by atoms with Crippen molar-refractivity contribution < 1.29 is 4.42 Å². The van der Waals surface area contributed by atoms with Gasteiger partial charge < -0.3 is 9.32 Å². The Morgan fingerprint density at radius 2 is 1.96 bits per heavy atom. The van der Waals surface area contributed by atoms with E-state index in [1.54, 1.807) is 0 Å². The molecule has 1 fully saturated rings. The fraction of sp³-hybridized carbons (Fsp3) is 0.450. The summed E-state index contributed by atoms with van der Waals surface area (Å²) in [5.41, 5.74) is 4.05. The quantitative estimate of drug-likeness (QED) is 0.634. The van der Waals surface area contributed by atoms with Crippen molar-refractivity contribution in [3.63, 3.8) is 0 Å². The summed E-state index contributed by atoms with van der Waals surface area (Å²) in [6.07, 6.45) is 10.2. The molecule has 0 saturated heterocycles. The molecule has 4 nitrogen and oxygen atoms in total. The first kappa shape index (κ1) is 14.1. The van der Waals surface area contributed by atoms with E-state index in [2.05, 4.69) is 58.6 Å². The molecule has 1 atom stereocenters. The number of hydrogen-bond donors (Lipinski definition) is 0. The van der Waals surface area contributed by atoms with Crippen molar-refractivity contribution in [2.45, 2.75) is 57.5 Å². The summed E-state index contributed by atoms with van der Waals surface area (Å²) in [4.78, 5) is 7.02. The SMILES string of the molecule is Cc1ccccc1N1[C@@H](C)c2oc3nccn3c2C12CCCCC2. The van der Waals surface area contributed by atoms with Crippen molar-refractivity contribution in [3.8, 4) is 0 Å². The third-order valence-corrected chi connectivity index (χ3v) is 6.01. The average molecular weight is 321 g/mol. The van der Waals surface area contributed by atoms with E-state index < -0.39 is 0 Å². The van der Waals surface area contributed by atoms with Gasteiger partial charge in [0.05, 0.1) is 17.3 Å². The number of anilines is 1. The van der Waals surface area contributed by atoms with Crippen LogP contribution in [0.15, 0.2) is 41.1 Å². The van der Waals surface area contributed by atoms with Gasteiger partial charge in [-0.25, -0.2) is 4.98 Å². The fourth-order valence-electron chi connectivity index (χ4n) is 5.03. The third-order valence-electron chi connectivity index (χ3n) is 6.01. The van der Waals surface area contributed by atoms with Gasteiger partial charge in [-0.15, -0.1) is 0 Å². The molecule has 1 saturated carbocycles. The lowest BCUT2D eigenvalue weighted by atomic mass is 9.79. The summed E-state index contributed by atoms with van der Waals surface area (Å²) < 4.78 is 8.38. The number of hydrogen-bond acceptors (Lipinski definition) is 3. The van der Waals surface area contributed by atoms with Gasteiger partial charge in [-0.1, -0.05) is 37.5 Å². The molecule has 0 N–H and O–H groups in total. The maximum atomic E-state index is 6.19. The van der Waals surface area contributed by atoms with Gasteiger partial charge >= 0.3 is 5.84 Å². The Morgan fingerprint density at radius 1 is 1.17 bits per heavy atom. The zero-order chi connectivity index (χ0) is 16.3. The highest BCUT2D eigenvalue weighted by molar-refractivity contribution is 5.62. The molecule has 1 aromatic carbocycles. The maximum Gasteiger partial charge on any atom is 0.306 e. The lowest BCUT2D eigenvalue weighted by molar-refractivity contribution is 0.275. The minimum absolute atomic E-state index is 0.0328. The zero-order valence-electron chi connectivity index (χ0n) is 14.3. The van der Waals surface area contributed by atoms with Crippen LogP contribution in [-0.2, 0) is 5.54 Å². The third kappa shape index (κ3) is 1.66. The summed E-state index contributed by atoms with van der Waals surface area (Å²) >= 11 is 0. The summed E-state index contributed by atoms with van der Waals surface area (Å²) in [7, 11) is 0. The van der Waals surface area contributed by atoms with Gasteiger partial charge in [0.15, 0.2) is 5.76 Å². The molecule has 5 rings (SSSR count). The Labute approximate surface area is 142 Å². The molecule has 124 valence electrons. The Morgan fingerprint density at radius 3 is 2.75 bits per heavy atom. The van der Waals surface area contributed by atoms with Crippen LogP contribution in [0.2, 0.25) is 0 Å². The topological polar surface area (TPSA) is 33.7 Å². The number of imidazole rings is 1. The van der Waals surface area contributed by atoms with Gasteiger partial charge in [-0.3, -0.25) is 4.40 Å². The molecule has 2 aliphatic rings. The molecule has 4 heteroatoms. The van der Waals surface area contributed by atoms with E-state index >= 15 is 0 Å². The minimum atomic E-state index is 0.0328. The fourth-order valence-corrected chi connectivity index (χ4v) is 5.03. The molecule has 24 heavy (non-hydrogen) atoms. The first-order valence-corrected chi connectivity index (χ1v) is 9.03. The van der Waals surface area contributed by atoms with E-state index in [1.807, 2.05) is 6.20 Å². The molecule has 1 spiro atoms. The summed E-state index contributed by atoms with van der Waals surface area (Å²) in [5, 5.41) is 0. The number of nitrogens with zero attached hydrogens (tertiary/aromatic N) is 3. The van der Waals surface area contributed by atoms with E-state index in [0.717, 1.165) is 11.6 Å². The summed E-state index contributed by atoms with van der Waals surface area (Å²) in [6.45, 7) is 4.49. The zero-order valence-corrected chi connectivity index (χ0v) is 14.3. The molecule has 0 radical (unpaired) electrons. The lowest BCUT2D eigenvalue weighted by Gasteiger charge is -2.45. The normalized spacial score (nSPS) is 22.4. The van der Waals surface area contributed by atoms with Crippen molar-refractivity contribution in [2.24, 2.45) is 0 Å². The van der Waals surface area contributed by atoms with Gasteiger partial charge in [0.1, 0.15) is 0 Å². The van der Waals surface area contributed by atoms with Gasteiger partial charge in [-0.2, -0.15) is 0 Å². The second-order valence-corrected chi connectivity index (χ2v) is 7.32. The van der Waals surface area contributed by atoms with Crippen LogP contribution in [0.1, 0.15) is 62.1 Å². The Hall–Kier alpha value is -2.23. The summed E-state index contributed by atoms with van der Waals surface area (Å²) in [6, 6.07) is 8.99. The highest BCUT2D eigenvalue weighted by Crippen LogP contribution is 2.56. The number of aromatic nitrogens is 2. The van der Waals surface area contributed by atoms with Gasteiger partial charge in [0.2, 0.25) is 0 Å². The van der Waals surface area contributed by atoms with E-state index in [1.165, 1.54) is 49.0 Å². The number of benzene rings is 1. The molecule has 0 amide bonds. The molecule has 0 bridgehead atoms. The highest BCUT2D eigenvalue weighted by Gasteiger charge is 2.53. The predicted molar refractivity (Wildman–Crippen MR) is 94.3 cm³/mol. The number of oxazole rings is 1. The first-order chi connectivity index (χ1) is 11.7. The van der Waals surface area contributed by atoms with Crippen LogP contribution in [0.3, 0.4) is 0 Å². The van der Waals surface area contributed by atoms with Gasteiger partial charge in [0.25, 0.3) is 0 Å². The largest absolute Gasteiger partial charge is 0.426 e. The van der Waals surface area contributed by atoms with Crippen molar-refractivity contribution in [2.75, 3.05) is 4.90 Å². The van der Waals surface area contributed by atoms with Crippen molar-refractivity contribution in [1.29, 1.82) is 0 Å². The molecule has 0 unspecified atom stereocenters. The van der Waals surface area contributed by atoms with Crippen molar-refractivity contribution in [1.82, 2.24) is 9.38 Å². The number of para-hydroxylation sites is 1. The van der Waals surface area contributed by atoms with Crippen LogP contribution >= 0.6 is 0 Å². The molecular weight excluding hydrogens is 298 g/mol. The highest BCUT2D eigenvalue weighted by atomic mass is 16.4. The van der Waals surface area contributed by atoms with E-state index in [4.69, 9.17) is 4.42 Å². The van der Waals surface area contributed by atoms with E-state index in [9.17, 15) is 0 Å². The molecule has 2 aromatic heterocycles. The monoisotopic (exact) mass is 321 g/mol. The molecule has 1 aliphatic carbocycles. The second-order valence-electron chi connectivity index (χ2n) is 7.32. The molecule has 3 heterocycles. The van der Waals surface area contributed by atoms with Crippen LogP contribution in [0.4, 0.5) is 5.69 Å². The number of aryl methyl sites for hydroxylation is 1. The van der Waals surface area contributed by atoms with E-state index in [-0.39, 0.29) is 11.6 Å². The van der Waals surface area contributed by atoms with Crippen molar-refractivity contribution in [3.05, 3.63) is 53.7 Å². The van der Waals surface area contributed by atoms with Crippen molar-refractivity contribution >= 4 is 11.5 Å². The van der Waals surface area contributed by atoms with Crippen LogP contribution in [0.5, 0.6) is 0 Å². The molecule has 3 aromatic rings. The average Bonchev–Trinajstić information content (AvgIpc) is 3.22. The van der Waals surface area contributed by atoms with Crippen LogP contribution in [0.25, 0.3) is 5.84 Å². The van der Waals surface area contributed by atoms with Crippen LogP contribution in [-0.4, -0.2) is 9.38 Å². The Bertz CT molecular complexity index is 901. The smallest absolute Gasteiger partial charge is 0.306 e. The summed E-state index contributed by atoms with van der Waals surface area (Å²) in [5.74, 6) is 1.84. The minimum Gasteiger partial charge on any atom is -0.426 e.